The van der Waals surface area contributed by atoms with E-state index < -0.39 is 0 Å². The fraction of sp³-hybridized carbons (Fsp3) is 0.412. The van der Waals surface area contributed by atoms with Crippen molar-refractivity contribution >= 4 is 27.3 Å². The van der Waals surface area contributed by atoms with Crippen LogP contribution in [0.25, 0.3) is 0 Å². The summed E-state index contributed by atoms with van der Waals surface area (Å²) in [7, 11) is 2.01. The van der Waals surface area contributed by atoms with E-state index in [-0.39, 0.29) is 5.82 Å². The van der Waals surface area contributed by atoms with Crippen molar-refractivity contribution in [2.45, 2.75) is 37.6 Å². The Morgan fingerprint density at radius 3 is 3.10 bits per heavy atom. The van der Waals surface area contributed by atoms with Gasteiger partial charge in [0.1, 0.15) is 5.82 Å². The minimum absolute atomic E-state index is 0.179. The van der Waals surface area contributed by atoms with Gasteiger partial charge in [-0.25, -0.2) is 4.39 Å². The van der Waals surface area contributed by atoms with Gasteiger partial charge in [-0.1, -0.05) is 12.1 Å². The summed E-state index contributed by atoms with van der Waals surface area (Å²) in [6, 6.07) is 7.92. The normalized spacial score (nSPS) is 19.3. The van der Waals surface area contributed by atoms with Crippen molar-refractivity contribution in [1.29, 1.82) is 0 Å². The molecule has 2 unspecified atom stereocenters. The van der Waals surface area contributed by atoms with Crippen molar-refractivity contribution in [3.8, 4) is 0 Å². The van der Waals surface area contributed by atoms with Crippen LogP contribution in [-0.4, -0.2) is 13.1 Å². The van der Waals surface area contributed by atoms with Crippen LogP contribution in [0.2, 0.25) is 0 Å². The molecule has 0 fully saturated rings. The molecule has 0 radical (unpaired) electrons. The van der Waals surface area contributed by atoms with Crippen molar-refractivity contribution in [1.82, 2.24) is 5.32 Å². The molecule has 0 spiro atoms. The average Bonchev–Trinajstić information content (AvgIpc) is 2.97. The first-order valence-corrected chi connectivity index (χ1v) is 9.04. The molecular weight excluding hydrogens is 349 g/mol. The second kappa shape index (κ2) is 6.59. The molecule has 1 aromatic carbocycles. The number of likely N-dealkylation sites (N-methyl/N-ethyl adjacent to an activating group) is 1. The number of hydrogen-bond donors (Lipinski definition) is 1. The molecule has 1 nitrogen and oxygen atoms in total. The number of benzene rings is 1. The van der Waals surface area contributed by atoms with Crippen LogP contribution in [0, 0.1) is 5.82 Å². The van der Waals surface area contributed by atoms with Gasteiger partial charge in [-0.15, -0.1) is 11.3 Å². The van der Waals surface area contributed by atoms with Gasteiger partial charge in [-0.2, -0.15) is 0 Å². The molecule has 1 N–H and O–H groups in total. The molecule has 1 aliphatic rings. The highest BCUT2D eigenvalue weighted by atomic mass is 79.9. The van der Waals surface area contributed by atoms with E-state index in [1.807, 2.05) is 24.5 Å². The van der Waals surface area contributed by atoms with Crippen LogP contribution >= 0.6 is 27.3 Å². The smallest absolute Gasteiger partial charge is 0.137 e. The first kappa shape index (κ1) is 15.2. The van der Waals surface area contributed by atoms with Crippen LogP contribution in [0.1, 0.15) is 34.8 Å². The Balaban J connectivity index is 1.85. The van der Waals surface area contributed by atoms with Gasteiger partial charge in [0.2, 0.25) is 0 Å². The lowest BCUT2D eigenvalue weighted by Gasteiger charge is -2.31. The molecule has 4 heteroatoms. The molecule has 2 aromatic rings. The maximum absolute atomic E-state index is 13.7. The zero-order valence-corrected chi connectivity index (χ0v) is 14.4. The summed E-state index contributed by atoms with van der Waals surface area (Å²) in [5.41, 5.74) is 2.54. The van der Waals surface area contributed by atoms with Crippen LogP contribution in [0.4, 0.5) is 4.39 Å². The standard InChI is InChI=1S/C17H19BrFNS/c1-20-15(10-11-4-2-6-14(19)17(11)18)12-5-3-7-16-13(12)8-9-21-16/h2,4,6,8-9,12,15,20H,3,5,7,10H2,1H3. The molecule has 0 saturated carbocycles. The minimum Gasteiger partial charge on any atom is -0.316 e. The van der Waals surface area contributed by atoms with Gasteiger partial charge in [-0.05, 0) is 77.3 Å². The summed E-state index contributed by atoms with van der Waals surface area (Å²) in [6.45, 7) is 0. The number of halogens is 2. The van der Waals surface area contributed by atoms with Gasteiger partial charge < -0.3 is 5.32 Å². The third kappa shape index (κ3) is 3.08. The Hall–Kier alpha value is -0.710. The number of rotatable bonds is 4. The summed E-state index contributed by atoms with van der Waals surface area (Å²) >= 11 is 5.26. The van der Waals surface area contributed by atoms with Crippen LogP contribution in [-0.2, 0) is 12.8 Å². The SMILES string of the molecule is CNC(Cc1cccc(F)c1Br)C1CCCc2sccc21. The zero-order chi connectivity index (χ0) is 14.8. The second-order valence-corrected chi connectivity index (χ2v) is 7.40. The van der Waals surface area contributed by atoms with Gasteiger partial charge in [0.05, 0.1) is 4.47 Å². The first-order chi connectivity index (χ1) is 10.2. The second-order valence-electron chi connectivity index (χ2n) is 5.61. The number of aryl methyl sites for hydroxylation is 1. The van der Waals surface area contributed by atoms with Gasteiger partial charge in [-0.3, -0.25) is 0 Å². The van der Waals surface area contributed by atoms with E-state index in [0.29, 0.717) is 16.4 Å². The summed E-state index contributed by atoms with van der Waals surface area (Å²) < 4.78 is 14.3. The molecule has 0 amide bonds. The summed E-state index contributed by atoms with van der Waals surface area (Å²) in [5.74, 6) is 0.349. The average molecular weight is 368 g/mol. The Kier molecular flexibility index (Phi) is 4.77. The molecule has 21 heavy (non-hydrogen) atoms. The van der Waals surface area contributed by atoms with E-state index in [2.05, 4.69) is 32.7 Å². The molecule has 3 rings (SSSR count). The molecule has 0 aliphatic heterocycles. The lowest BCUT2D eigenvalue weighted by atomic mass is 9.80. The van der Waals surface area contributed by atoms with E-state index >= 15 is 0 Å². The molecule has 0 saturated heterocycles. The van der Waals surface area contributed by atoms with E-state index in [1.54, 1.807) is 6.07 Å². The summed E-state index contributed by atoms with van der Waals surface area (Å²) in [5, 5.41) is 5.66. The first-order valence-electron chi connectivity index (χ1n) is 7.37. The monoisotopic (exact) mass is 367 g/mol. The zero-order valence-electron chi connectivity index (χ0n) is 12.0. The lowest BCUT2D eigenvalue weighted by Crippen LogP contribution is -2.35. The van der Waals surface area contributed by atoms with Crippen molar-refractivity contribution in [2.75, 3.05) is 7.05 Å². The van der Waals surface area contributed by atoms with Gasteiger partial charge in [0.25, 0.3) is 0 Å². The Labute approximate surface area is 137 Å². The van der Waals surface area contributed by atoms with Crippen LogP contribution in [0.5, 0.6) is 0 Å². The van der Waals surface area contributed by atoms with E-state index in [4.69, 9.17) is 0 Å². The van der Waals surface area contributed by atoms with E-state index in [0.717, 1.165) is 12.0 Å². The Morgan fingerprint density at radius 2 is 2.29 bits per heavy atom. The topological polar surface area (TPSA) is 12.0 Å². The fourth-order valence-corrected chi connectivity index (χ4v) is 4.75. The Morgan fingerprint density at radius 1 is 1.43 bits per heavy atom. The van der Waals surface area contributed by atoms with Crippen molar-refractivity contribution in [3.63, 3.8) is 0 Å². The molecule has 1 heterocycles. The summed E-state index contributed by atoms with van der Waals surface area (Å²) in [4.78, 5) is 1.53. The largest absolute Gasteiger partial charge is 0.316 e. The van der Waals surface area contributed by atoms with E-state index in [1.165, 1.54) is 35.8 Å². The number of hydrogen-bond acceptors (Lipinski definition) is 2. The van der Waals surface area contributed by atoms with Gasteiger partial charge >= 0.3 is 0 Å². The van der Waals surface area contributed by atoms with Gasteiger partial charge in [0.15, 0.2) is 0 Å². The minimum atomic E-state index is -0.179. The maximum atomic E-state index is 13.7. The molecule has 112 valence electrons. The van der Waals surface area contributed by atoms with Crippen molar-refractivity contribution < 1.29 is 4.39 Å². The van der Waals surface area contributed by atoms with Crippen molar-refractivity contribution in [2.24, 2.45) is 0 Å². The molecule has 1 aromatic heterocycles. The predicted molar refractivity (Wildman–Crippen MR) is 90.6 cm³/mol. The summed E-state index contributed by atoms with van der Waals surface area (Å²) in [6.07, 6.45) is 4.52. The highest BCUT2D eigenvalue weighted by molar-refractivity contribution is 9.10. The molecular formula is C17H19BrFNS. The van der Waals surface area contributed by atoms with Crippen LogP contribution in [0.3, 0.4) is 0 Å². The fourth-order valence-electron chi connectivity index (χ4n) is 3.33. The van der Waals surface area contributed by atoms with Crippen LogP contribution < -0.4 is 5.32 Å². The molecule has 0 bridgehead atoms. The molecule has 1 aliphatic carbocycles. The number of fused-ring (bicyclic) bond motifs is 1. The number of thiophene rings is 1. The number of nitrogens with one attached hydrogen (secondary N) is 1. The van der Waals surface area contributed by atoms with Gasteiger partial charge in [0, 0.05) is 16.8 Å². The maximum Gasteiger partial charge on any atom is 0.137 e. The third-order valence-electron chi connectivity index (χ3n) is 4.43. The highest BCUT2D eigenvalue weighted by Gasteiger charge is 2.28. The van der Waals surface area contributed by atoms with Crippen molar-refractivity contribution in [3.05, 3.63) is 55.9 Å². The quantitative estimate of drug-likeness (QED) is 0.809. The highest BCUT2D eigenvalue weighted by Crippen LogP contribution is 2.38. The third-order valence-corrected chi connectivity index (χ3v) is 6.31. The van der Waals surface area contributed by atoms with E-state index in [9.17, 15) is 4.39 Å². The predicted octanol–water partition coefficient (Wildman–Crippen LogP) is 4.90. The Bertz CT molecular complexity index is 625. The van der Waals surface area contributed by atoms with Crippen LogP contribution in [0.15, 0.2) is 34.1 Å². The lowest BCUT2D eigenvalue weighted by molar-refractivity contribution is 0.413. The molecule has 2 atom stereocenters.